The number of hydrogen-bond donors (Lipinski definition) is 1. The van der Waals surface area contributed by atoms with Gasteiger partial charge >= 0.3 is 0 Å². The Bertz CT molecular complexity index is 274. The highest BCUT2D eigenvalue weighted by molar-refractivity contribution is 5.32. The molecule has 16 heavy (non-hydrogen) atoms. The predicted molar refractivity (Wildman–Crippen MR) is 67.5 cm³/mol. The molecule has 1 heterocycles. The Morgan fingerprint density at radius 1 is 1.38 bits per heavy atom. The van der Waals surface area contributed by atoms with Gasteiger partial charge in [0.05, 0.1) is 0 Å². The second kappa shape index (κ2) is 6.43. The molecular formula is C12H22N4. The standard InChI is InChI=1S/C12H22N4/c1-10(2)8-11(9-16(3)4)14-12-6-5-7-13-15-12/h5-7,10-11H,8-9H2,1-4H3,(H,14,15). The normalized spacial score (nSPS) is 13.1. The van der Waals surface area contributed by atoms with Crippen molar-refractivity contribution in [2.24, 2.45) is 5.92 Å². The highest BCUT2D eigenvalue weighted by Crippen LogP contribution is 2.10. The van der Waals surface area contributed by atoms with E-state index in [4.69, 9.17) is 0 Å². The van der Waals surface area contributed by atoms with Gasteiger partial charge in [-0.1, -0.05) is 13.8 Å². The molecule has 0 aromatic carbocycles. The molecule has 4 nitrogen and oxygen atoms in total. The van der Waals surface area contributed by atoms with Crippen molar-refractivity contribution < 1.29 is 0 Å². The molecule has 4 heteroatoms. The van der Waals surface area contributed by atoms with Gasteiger partial charge < -0.3 is 10.2 Å². The highest BCUT2D eigenvalue weighted by atomic mass is 15.2. The fourth-order valence-corrected chi connectivity index (χ4v) is 1.78. The van der Waals surface area contributed by atoms with Crippen molar-refractivity contribution in [3.8, 4) is 0 Å². The first-order chi connectivity index (χ1) is 7.58. The third kappa shape index (κ3) is 5.07. The van der Waals surface area contributed by atoms with Crippen molar-refractivity contribution in [3.63, 3.8) is 0 Å². The van der Waals surface area contributed by atoms with Crippen molar-refractivity contribution >= 4 is 5.82 Å². The zero-order chi connectivity index (χ0) is 12.0. The molecule has 0 saturated heterocycles. The van der Waals surface area contributed by atoms with Crippen molar-refractivity contribution in [1.29, 1.82) is 0 Å². The van der Waals surface area contributed by atoms with Crippen LogP contribution in [0.2, 0.25) is 0 Å². The summed E-state index contributed by atoms with van der Waals surface area (Å²) >= 11 is 0. The second-order valence-corrected chi connectivity index (χ2v) is 4.84. The van der Waals surface area contributed by atoms with E-state index in [1.165, 1.54) is 0 Å². The minimum absolute atomic E-state index is 0.423. The molecule has 0 radical (unpaired) electrons. The first-order valence-electron chi connectivity index (χ1n) is 5.77. The summed E-state index contributed by atoms with van der Waals surface area (Å²) in [6.07, 6.45) is 2.82. The van der Waals surface area contributed by atoms with Crippen LogP contribution in [-0.2, 0) is 0 Å². The van der Waals surface area contributed by atoms with Crippen molar-refractivity contribution in [2.45, 2.75) is 26.3 Å². The van der Waals surface area contributed by atoms with Crippen LogP contribution in [0.4, 0.5) is 5.82 Å². The molecule has 1 aromatic rings. The van der Waals surface area contributed by atoms with Crippen LogP contribution in [0.25, 0.3) is 0 Å². The van der Waals surface area contributed by atoms with E-state index in [0.717, 1.165) is 18.8 Å². The van der Waals surface area contributed by atoms with Gasteiger partial charge in [-0.15, -0.1) is 5.10 Å². The molecule has 1 N–H and O–H groups in total. The minimum Gasteiger partial charge on any atom is -0.365 e. The Morgan fingerprint density at radius 2 is 2.12 bits per heavy atom. The van der Waals surface area contributed by atoms with Gasteiger partial charge in [0.15, 0.2) is 0 Å². The average molecular weight is 222 g/mol. The van der Waals surface area contributed by atoms with Crippen molar-refractivity contribution in [1.82, 2.24) is 15.1 Å². The van der Waals surface area contributed by atoms with Crippen LogP contribution < -0.4 is 5.32 Å². The molecular weight excluding hydrogens is 200 g/mol. The SMILES string of the molecule is CC(C)CC(CN(C)C)Nc1cccnn1. The second-order valence-electron chi connectivity index (χ2n) is 4.84. The molecule has 0 aliphatic carbocycles. The maximum Gasteiger partial charge on any atom is 0.148 e. The lowest BCUT2D eigenvalue weighted by molar-refractivity contribution is 0.356. The van der Waals surface area contributed by atoms with Crippen LogP contribution in [0.3, 0.4) is 0 Å². The Morgan fingerprint density at radius 3 is 2.62 bits per heavy atom. The number of nitrogens with zero attached hydrogens (tertiary/aromatic N) is 3. The quantitative estimate of drug-likeness (QED) is 0.797. The van der Waals surface area contributed by atoms with Gasteiger partial charge in [-0.3, -0.25) is 0 Å². The highest BCUT2D eigenvalue weighted by Gasteiger charge is 2.12. The summed E-state index contributed by atoms with van der Waals surface area (Å²) in [5.41, 5.74) is 0. The molecule has 0 amide bonds. The van der Waals surface area contributed by atoms with Gasteiger partial charge in [-0.05, 0) is 38.6 Å². The molecule has 0 saturated carbocycles. The smallest absolute Gasteiger partial charge is 0.148 e. The van der Waals surface area contributed by atoms with Crippen LogP contribution in [0.1, 0.15) is 20.3 Å². The first kappa shape index (κ1) is 12.9. The van der Waals surface area contributed by atoms with Crippen LogP contribution in [0, 0.1) is 5.92 Å². The summed E-state index contributed by atoms with van der Waals surface area (Å²) in [4.78, 5) is 2.19. The van der Waals surface area contributed by atoms with Gasteiger partial charge in [0.1, 0.15) is 5.82 Å². The lowest BCUT2D eigenvalue weighted by Gasteiger charge is -2.24. The van der Waals surface area contributed by atoms with E-state index < -0.39 is 0 Å². The summed E-state index contributed by atoms with van der Waals surface area (Å²) in [6.45, 7) is 5.48. The van der Waals surface area contributed by atoms with Crippen molar-refractivity contribution in [2.75, 3.05) is 26.0 Å². The summed E-state index contributed by atoms with van der Waals surface area (Å²) in [5, 5.41) is 11.3. The molecule has 1 aromatic heterocycles. The van der Waals surface area contributed by atoms with Gasteiger partial charge in [-0.2, -0.15) is 5.10 Å². The van der Waals surface area contributed by atoms with Crippen molar-refractivity contribution in [3.05, 3.63) is 18.3 Å². The van der Waals surface area contributed by atoms with E-state index in [-0.39, 0.29) is 0 Å². The molecule has 0 fully saturated rings. The Labute approximate surface area is 98.1 Å². The fraction of sp³-hybridized carbons (Fsp3) is 0.667. The van der Waals surface area contributed by atoms with Gasteiger partial charge in [-0.25, -0.2) is 0 Å². The monoisotopic (exact) mass is 222 g/mol. The molecule has 0 aliphatic heterocycles. The molecule has 0 bridgehead atoms. The Kier molecular flexibility index (Phi) is 5.19. The number of anilines is 1. The lowest BCUT2D eigenvalue weighted by atomic mass is 10.0. The Hall–Kier alpha value is -1.16. The molecule has 1 unspecified atom stereocenters. The molecule has 0 spiro atoms. The fourth-order valence-electron chi connectivity index (χ4n) is 1.78. The van der Waals surface area contributed by atoms with E-state index in [0.29, 0.717) is 12.0 Å². The summed E-state index contributed by atoms with van der Waals surface area (Å²) in [7, 11) is 4.18. The van der Waals surface area contributed by atoms with Crippen LogP contribution >= 0.6 is 0 Å². The van der Waals surface area contributed by atoms with Gasteiger partial charge in [0, 0.05) is 18.8 Å². The summed E-state index contributed by atoms with van der Waals surface area (Å²) < 4.78 is 0. The van der Waals surface area contributed by atoms with E-state index in [1.54, 1.807) is 6.20 Å². The number of nitrogens with one attached hydrogen (secondary N) is 1. The van der Waals surface area contributed by atoms with Crippen LogP contribution in [-0.4, -0.2) is 41.8 Å². The Balaban J connectivity index is 2.56. The molecule has 1 rings (SSSR count). The first-order valence-corrected chi connectivity index (χ1v) is 5.77. The zero-order valence-corrected chi connectivity index (χ0v) is 10.6. The third-order valence-electron chi connectivity index (χ3n) is 2.27. The third-order valence-corrected chi connectivity index (χ3v) is 2.27. The molecule has 0 aliphatic rings. The number of aromatic nitrogens is 2. The van der Waals surface area contributed by atoms with E-state index in [1.807, 2.05) is 12.1 Å². The van der Waals surface area contributed by atoms with E-state index >= 15 is 0 Å². The number of likely N-dealkylation sites (N-methyl/N-ethyl adjacent to an activating group) is 1. The van der Waals surface area contributed by atoms with Gasteiger partial charge in [0.25, 0.3) is 0 Å². The zero-order valence-electron chi connectivity index (χ0n) is 10.6. The average Bonchev–Trinajstić information content (AvgIpc) is 2.16. The molecule has 90 valence electrons. The maximum absolute atomic E-state index is 4.05. The minimum atomic E-state index is 0.423. The maximum atomic E-state index is 4.05. The summed E-state index contributed by atoms with van der Waals surface area (Å²) in [5.74, 6) is 1.53. The number of rotatable bonds is 6. The van der Waals surface area contributed by atoms with Crippen LogP contribution in [0.5, 0.6) is 0 Å². The van der Waals surface area contributed by atoms with Gasteiger partial charge in [0.2, 0.25) is 0 Å². The van der Waals surface area contributed by atoms with Crippen LogP contribution in [0.15, 0.2) is 18.3 Å². The molecule has 1 atom stereocenters. The predicted octanol–water partition coefficient (Wildman–Crippen LogP) is 1.86. The van der Waals surface area contributed by atoms with E-state index in [9.17, 15) is 0 Å². The number of hydrogen-bond acceptors (Lipinski definition) is 4. The largest absolute Gasteiger partial charge is 0.365 e. The summed E-state index contributed by atoms with van der Waals surface area (Å²) in [6, 6.07) is 4.28. The lowest BCUT2D eigenvalue weighted by Crippen LogP contribution is -2.33. The van der Waals surface area contributed by atoms with E-state index in [2.05, 4.69) is 48.4 Å². The topological polar surface area (TPSA) is 41.0 Å².